The summed E-state index contributed by atoms with van der Waals surface area (Å²) >= 11 is 0. The molecule has 0 bridgehead atoms. The van der Waals surface area contributed by atoms with Crippen LogP contribution >= 0.6 is 0 Å². The monoisotopic (exact) mass is 192 g/mol. The normalized spacial score (nSPS) is 12.1. The minimum absolute atomic E-state index is 0.284. The second-order valence-electron chi connectivity index (χ2n) is 3.15. The van der Waals surface area contributed by atoms with Crippen LogP contribution in [0.1, 0.15) is 18.4 Å². The zero-order valence-electron chi connectivity index (χ0n) is 8.69. The van der Waals surface area contributed by atoms with Gasteiger partial charge in [0.15, 0.2) is 6.79 Å². The Bertz CT molecular complexity index is 294. The Hall–Kier alpha value is -1.28. The first-order valence-electron chi connectivity index (χ1n) is 4.62. The SMILES string of the molecule is C=CC(C)c1cccc(OCOC)c1. The highest BCUT2D eigenvalue weighted by Crippen LogP contribution is 2.21. The molecular weight excluding hydrogens is 176 g/mol. The lowest BCUT2D eigenvalue weighted by Crippen LogP contribution is -1.99. The summed E-state index contributed by atoms with van der Waals surface area (Å²) in [5.74, 6) is 1.18. The summed E-state index contributed by atoms with van der Waals surface area (Å²) in [6.07, 6.45) is 1.91. The van der Waals surface area contributed by atoms with E-state index in [9.17, 15) is 0 Å². The van der Waals surface area contributed by atoms with Gasteiger partial charge in [-0.25, -0.2) is 0 Å². The second kappa shape index (κ2) is 5.45. The fourth-order valence-corrected chi connectivity index (χ4v) is 1.15. The zero-order valence-corrected chi connectivity index (χ0v) is 8.69. The number of rotatable bonds is 5. The first-order chi connectivity index (χ1) is 6.77. The molecular formula is C12H16O2. The van der Waals surface area contributed by atoms with E-state index in [-0.39, 0.29) is 6.79 Å². The van der Waals surface area contributed by atoms with E-state index in [2.05, 4.69) is 19.6 Å². The zero-order chi connectivity index (χ0) is 10.4. The van der Waals surface area contributed by atoms with Gasteiger partial charge in [0.25, 0.3) is 0 Å². The summed E-state index contributed by atoms with van der Waals surface area (Å²) in [7, 11) is 1.61. The molecule has 76 valence electrons. The summed E-state index contributed by atoms with van der Waals surface area (Å²) in [5, 5.41) is 0. The van der Waals surface area contributed by atoms with Crippen molar-refractivity contribution >= 4 is 0 Å². The van der Waals surface area contributed by atoms with E-state index >= 15 is 0 Å². The molecule has 0 spiro atoms. The summed E-state index contributed by atoms with van der Waals surface area (Å²) in [5.41, 5.74) is 1.20. The smallest absolute Gasteiger partial charge is 0.188 e. The number of allylic oxidation sites excluding steroid dienone is 1. The molecule has 2 nitrogen and oxygen atoms in total. The van der Waals surface area contributed by atoms with Crippen molar-refractivity contribution in [3.05, 3.63) is 42.5 Å². The molecule has 0 saturated heterocycles. The van der Waals surface area contributed by atoms with Gasteiger partial charge in [-0.3, -0.25) is 0 Å². The third kappa shape index (κ3) is 2.89. The molecule has 0 aromatic heterocycles. The van der Waals surface area contributed by atoms with Gasteiger partial charge in [-0.2, -0.15) is 0 Å². The number of benzene rings is 1. The van der Waals surface area contributed by atoms with Gasteiger partial charge in [-0.05, 0) is 23.6 Å². The maximum Gasteiger partial charge on any atom is 0.188 e. The highest BCUT2D eigenvalue weighted by Gasteiger charge is 2.01. The van der Waals surface area contributed by atoms with E-state index in [0.29, 0.717) is 5.92 Å². The molecule has 0 aliphatic heterocycles. The van der Waals surface area contributed by atoms with Crippen LogP contribution < -0.4 is 4.74 Å². The van der Waals surface area contributed by atoms with Crippen molar-refractivity contribution in [1.82, 2.24) is 0 Å². The predicted octanol–water partition coefficient (Wildman–Crippen LogP) is 2.96. The van der Waals surface area contributed by atoms with Gasteiger partial charge in [-0.1, -0.05) is 25.1 Å². The van der Waals surface area contributed by atoms with Gasteiger partial charge in [0, 0.05) is 7.11 Å². The quantitative estimate of drug-likeness (QED) is 0.527. The summed E-state index contributed by atoms with van der Waals surface area (Å²) in [4.78, 5) is 0. The van der Waals surface area contributed by atoms with Crippen molar-refractivity contribution in [2.45, 2.75) is 12.8 Å². The van der Waals surface area contributed by atoms with Crippen LogP contribution in [0.4, 0.5) is 0 Å². The molecule has 2 heteroatoms. The minimum atomic E-state index is 0.284. The lowest BCUT2D eigenvalue weighted by molar-refractivity contribution is 0.0511. The van der Waals surface area contributed by atoms with Crippen LogP contribution in [0.3, 0.4) is 0 Å². The molecule has 1 rings (SSSR count). The first-order valence-corrected chi connectivity index (χ1v) is 4.62. The standard InChI is InChI=1S/C12H16O2/c1-4-10(2)11-6-5-7-12(8-11)14-9-13-3/h4-8,10H,1,9H2,2-3H3. The molecule has 1 unspecified atom stereocenters. The van der Waals surface area contributed by atoms with Crippen LogP contribution in [0.25, 0.3) is 0 Å². The molecule has 0 fully saturated rings. The molecule has 0 amide bonds. The molecule has 1 aromatic carbocycles. The molecule has 0 N–H and O–H groups in total. The minimum Gasteiger partial charge on any atom is -0.468 e. The Labute approximate surface area is 85.2 Å². The van der Waals surface area contributed by atoms with Crippen molar-refractivity contribution in [3.8, 4) is 5.75 Å². The van der Waals surface area contributed by atoms with Crippen LogP contribution in [0.5, 0.6) is 5.75 Å². The van der Waals surface area contributed by atoms with Crippen molar-refractivity contribution in [2.24, 2.45) is 0 Å². The van der Waals surface area contributed by atoms with Crippen LogP contribution in [0.15, 0.2) is 36.9 Å². The van der Waals surface area contributed by atoms with Crippen molar-refractivity contribution in [1.29, 1.82) is 0 Å². The number of hydrogen-bond donors (Lipinski definition) is 0. The fourth-order valence-electron chi connectivity index (χ4n) is 1.15. The lowest BCUT2D eigenvalue weighted by Gasteiger charge is -2.09. The summed E-state index contributed by atoms with van der Waals surface area (Å²) in [6, 6.07) is 7.95. The molecule has 0 heterocycles. The van der Waals surface area contributed by atoms with Crippen molar-refractivity contribution in [3.63, 3.8) is 0 Å². The Morgan fingerprint density at radius 2 is 2.29 bits per heavy atom. The maximum atomic E-state index is 5.33. The average Bonchev–Trinajstić information content (AvgIpc) is 2.25. The first kappa shape index (κ1) is 10.8. The molecule has 0 saturated carbocycles. The molecule has 0 aliphatic carbocycles. The second-order valence-corrected chi connectivity index (χ2v) is 3.15. The third-order valence-electron chi connectivity index (χ3n) is 2.08. The third-order valence-corrected chi connectivity index (χ3v) is 2.08. The highest BCUT2D eigenvalue weighted by molar-refractivity contribution is 5.32. The molecule has 14 heavy (non-hydrogen) atoms. The summed E-state index contributed by atoms with van der Waals surface area (Å²) < 4.78 is 10.2. The number of hydrogen-bond acceptors (Lipinski definition) is 2. The predicted molar refractivity (Wildman–Crippen MR) is 57.6 cm³/mol. The Morgan fingerprint density at radius 1 is 1.50 bits per heavy atom. The Kier molecular flexibility index (Phi) is 4.20. The van der Waals surface area contributed by atoms with Gasteiger partial charge >= 0.3 is 0 Å². The van der Waals surface area contributed by atoms with Gasteiger partial charge in [0.05, 0.1) is 0 Å². The number of methoxy groups -OCH3 is 1. The highest BCUT2D eigenvalue weighted by atomic mass is 16.7. The topological polar surface area (TPSA) is 18.5 Å². The molecule has 1 atom stereocenters. The van der Waals surface area contributed by atoms with E-state index < -0.39 is 0 Å². The van der Waals surface area contributed by atoms with Gasteiger partial charge < -0.3 is 9.47 Å². The van der Waals surface area contributed by atoms with E-state index in [1.54, 1.807) is 7.11 Å². The van der Waals surface area contributed by atoms with Crippen LogP contribution in [0.2, 0.25) is 0 Å². The molecule has 0 aliphatic rings. The van der Waals surface area contributed by atoms with Crippen molar-refractivity contribution in [2.75, 3.05) is 13.9 Å². The summed E-state index contributed by atoms with van der Waals surface area (Å²) in [6.45, 7) is 6.15. The Morgan fingerprint density at radius 3 is 2.93 bits per heavy atom. The van der Waals surface area contributed by atoms with Crippen LogP contribution in [0, 0.1) is 0 Å². The largest absolute Gasteiger partial charge is 0.468 e. The lowest BCUT2D eigenvalue weighted by atomic mass is 10.0. The van der Waals surface area contributed by atoms with E-state index in [1.807, 2.05) is 24.3 Å². The fraction of sp³-hybridized carbons (Fsp3) is 0.333. The van der Waals surface area contributed by atoms with E-state index in [0.717, 1.165) is 5.75 Å². The maximum absolute atomic E-state index is 5.33. The van der Waals surface area contributed by atoms with Crippen LogP contribution in [-0.2, 0) is 4.74 Å². The van der Waals surface area contributed by atoms with Gasteiger partial charge in [0.1, 0.15) is 5.75 Å². The van der Waals surface area contributed by atoms with E-state index in [1.165, 1.54) is 5.56 Å². The molecule has 0 radical (unpaired) electrons. The Balaban J connectivity index is 2.73. The van der Waals surface area contributed by atoms with Gasteiger partial charge in [0.2, 0.25) is 0 Å². The van der Waals surface area contributed by atoms with Crippen molar-refractivity contribution < 1.29 is 9.47 Å². The average molecular weight is 192 g/mol. The van der Waals surface area contributed by atoms with Gasteiger partial charge in [-0.15, -0.1) is 6.58 Å². The van der Waals surface area contributed by atoms with Crippen LogP contribution in [-0.4, -0.2) is 13.9 Å². The van der Waals surface area contributed by atoms with E-state index in [4.69, 9.17) is 9.47 Å². The number of ether oxygens (including phenoxy) is 2. The molecule has 1 aromatic rings.